The smallest absolute Gasteiger partial charge is 0.233 e. The number of piperidine rings is 1. The van der Waals surface area contributed by atoms with Crippen molar-refractivity contribution in [1.29, 1.82) is 0 Å². The zero-order chi connectivity index (χ0) is 17.9. The van der Waals surface area contributed by atoms with Gasteiger partial charge in [0.15, 0.2) is 5.96 Å². The van der Waals surface area contributed by atoms with Crippen molar-refractivity contribution in [2.24, 2.45) is 10.9 Å². The van der Waals surface area contributed by atoms with Crippen LogP contribution < -0.4 is 16.0 Å². The molecule has 0 aromatic rings. The van der Waals surface area contributed by atoms with Crippen molar-refractivity contribution in [2.45, 2.75) is 63.8 Å². The predicted molar refractivity (Wildman–Crippen MR) is 104 cm³/mol. The largest absolute Gasteiger partial charge is 0.358 e. The maximum atomic E-state index is 11.4. The van der Waals surface area contributed by atoms with Crippen molar-refractivity contribution in [3.8, 4) is 0 Å². The summed E-state index contributed by atoms with van der Waals surface area (Å²) < 4.78 is 0. The van der Waals surface area contributed by atoms with Crippen LogP contribution in [0.2, 0.25) is 0 Å². The first kappa shape index (κ1) is 20.0. The molecule has 6 nitrogen and oxygen atoms in total. The van der Waals surface area contributed by atoms with E-state index in [2.05, 4.69) is 25.8 Å². The molecule has 0 aromatic heterocycles. The van der Waals surface area contributed by atoms with Gasteiger partial charge in [0.2, 0.25) is 5.91 Å². The minimum Gasteiger partial charge on any atom is -0.358 e. The second-order valence-electron chi connectivity index (χ2n) is 7.51. The highest BCUT2D eigenvalue weighted by Crippen LogP contribution is 2.28. The van der Waals surface area contributed by atoms with Crippen molar-refractivity contribution in [2.75, 3.05) is 40.3 Å². The molecule has 2 rings (SSSR count). The molecule has 2 fully saturated rings. The Morgan fingerprint density at radius 2 is 1.84 bits per heavy atom. The fraction of sp³-hybridized carbons (Fsp3) is 0.895. The molecule has 144 valence electrons. The van der Waals surface area contributed by atoms with Gasteiger partial charge in [-0.1, -0.05) is 38.5 Å². The van der Waals surface area contributed by atoms with E-state index >= 15 is 0 Å². The molecule has 0 aromatic carbocycles. The number of guanidine groups is 1. The zero-order valence-electron chi connectivity index (χ0n) is 16.1. The molecule has 0 spiro atoms. The lowest BCUT2D eigenvalue weighted by Crippen LogP contribution is -2.50. The van der Waals surface area contributed by atoms with Crippen LogP contribution in [0.5, 0.6) is 0 Å². The third-order valence-corrected chi connectivity index (χ3v) is 5.60. The molecule has 1 aliphatic carbocycles. The van der Waals surface area contributed by atoms with Crippen LogP contribution in [0.25, 0.3) is 0 Å². The van der Waals surface area contributed by atoms with Gasteiger partial charge in [0.05, 0.1) is 6.54 Å². The van der Waals surface area contributed by atoms with E-state index in [1.807, 2.05) is 7.05 Å². The first-order valence-electron chi connectivity index (χ1n) is 10.1. The number of carbonyl (C=O) groups is 1. The van der Waals surface area contributed by atoms with E-state index in [0.717, 1.165) is 44.4 Å². The number of hydrogen-bond acceptors (Lipinski definition) is 3. The minimum absolute atomic E-state index is 0.0986. The monoisotopic (exact) mass is 351 g/mol. The first-order valence-corrected chi connectivity index (χ1v) is 10.1. The Hall–Kier alpha value is -1.30. The number of carbonyl (C=O) groups excluding carboxylic acids is 1. The van der Waals surface area contributed by atoms with Crippen molar-refractivity contribution in [3.63, 3.8) is 0 Å². The Labute approximate surface area is 153 Å². The Morgan fingerprint density at radius 1 is 1.12 bits per heavy atom. The molecule has 2 aliphatic rings. The van der Waals surface area contributed by atoms with Crippen molar-refractivity contribution >= 4 is 11.9 Å². The van der Waals surface area contributed by atoms with Gasteiger partial charge in [0, 0.05) is 39.8 Å². The summed E-state index contributed by atoms with van der Waals surface area (Å²) in [4.78, 5) is 18.0. The molecule has 1 amide bonds. The Bertz CT molecular complexity index is 412. The van der Waals surface area contributed by atoms with Crippen LogP contribution in [0.4, 0.5) is 0 Å². The highest BCUT2D eigenvalue weighted by molar-refractivity contribution is 5.80. The number of aliphatic imine (C=N–C) groups is 1. The molecule has 6 heteroatoms. The summed E-state index contributed by atoms with van der Waals surface area (Å²) in [5.41, 5.74) is 0. The van der Waals surface area contributed by atoms with Gasteiger partial charge in [-0.2, -0.15) is 0 Å². The number of hydrogen-bond donors (Lipinski definition) is 3. The lowest BCUT2D eigenvalue weighted by Gasteiger charge is -2.32. The maximum Gasteiger partial charge on any atom is 0.233 e. The van der Waals surface area contributed by atoms with Gasteiger partial charge in [0.25, 0.3) is 0 Å². The lowest BCUT2D eigenvalue weighted by molar-refractivity contribution is -0.122. The van der Waals surface area contributed by atoms with Gasteiger partial charge in [-0.3, -0.25) is 14.7 Å². The number of unbranched alkanes of at least 4 members (excludes halogenated alkanes) is 1. The number of nitrogens with zero attached hydrogens (tertiary/aromatic N) is 2. The van der Waals surface area contributed by atoms with E-state index in [-0.39, 0.29) is 5.91 Å². The quantitative estimate of drug-likeness (QED) is 0.354. The summed E-state index contributed by atoms with van der Waals surface area (Å²) in [6, 6.07) is 0.450. The van der Waals surface area contributed by atoms with Crippen LogP contribution in [0.3, 0.4) is 0 Å². The maximum absolute atomic E-state index is 11.4. The van der Waals surface area contributed by atoms with Crippen molar-refractivity contribution in [1.82, 2.24) is 20.9 Å². The van der Waals surface area contributed by atoms with Gasteiger partial charge in [-0.25, -0.2) is 0 Å². The minimum atomic E-state index is 0.0986. The summed E-state index contributed by atoms with van der Waals surface area (Å²) in [5, 5.41) is 9.68. The van der Waals surface area contributed by atoms with E-state index < -0.39 is 0 Å². The standard InChI is InChI=1S/C19H37N5O/c1-20-18(25)15-24-13-10-17(11-14-24)23-19(21-2)22-12-6-5-9-16-7-3-4-8-16/h16-17H,3-15H2,1-2H3,(H,20,25)(H2,21,22,23). The van der Waals surface area contributed by atoms with E-state index in [4.69, 9.17) is 0 Å². The van der Waals surface area contributed by atoms with Gasteiger partial charge >= 0.3 is 0 Å². The molecule has 0 bridgehead atoms. The molecule has 1 heterocycles. The highest BCUT2D eigenvalue weighted by Gasteiger charge is 2.21. The topological polar surface area (TPSA) is 68.8 Å². The zero-order valence-corrected chi connectivity index (χ0v) is 16.1. The van der Waals surface area contributed by atoms with Gasteiger partial charge < -0.3 is 16.0 Å². The summed E-state index contributed by atoms with van der Waals surface area (Å²) in [6.45, 7) is 3.44. The van der Waals surface area contributed by atoms with E-state index in [1.54, 1.807) is 7.05 Å². The summed E-state index contributed by atoms with van der Waals surface area (Å²) >= 11 is 0. The fourth-order valence-corrected chi connectivity index (χ4v) is 3.97. The summed E-state index contributed by atoms with van der Waals surface area (Å²) in [7, 11) is 3.54. The van der Waals surface area contributed by atoms with Crippen molar-refractivity contribution < 1.29 is 4.79 Å². The lowest BCUT2D eigenvalue weighted by atomic mass is 10.0. The molecule has 0 unspecified atom stereocenters. The summed E-state index contributed by atoms with van der Waals surface area (Å²) in [5.74, 6) is 2.02. The van der Waals surface area contributed by atoms with E-state index in [1.165, 1.54) is 44.9 Å². The highest BCUT2D eigenvalue weighted by atomic mass is 16.1. The molecular formula is C19H37N5O. The molecule has 1 saturated carbocycles. The fourth-order valence-electron chi connectivity index (χ4n) is 3.97. The van der Waals surface area contributed by atoms with Crippen LogP contribution in [0.15, 0.2) is 4.99 Å². The first-order chi connectivity index (χ1) is 12.2. The molecule has 0 atom stereocenters. The third-order valence-electron chi connectivity index (χ3n) is 5.60. The van der Waals surface area contributed by atoms with Crippen LogP contribution in [-0.2, 0) is 4.79 Å². The Kier molecular flexibility index (Phi) is 9.08. The van der Waals surface area contributed by atoms with Crippen LogP contribution in [-0.4, -0.2) is 63.1 Å². The summed E-state index contributed by atoms with van der Waals surface area (Å²) in [6.07, 6.45) is 11.9. The number of likely N-dealkylation sites (tertiary alicyclic amines) is 1. The number of likely N-dealkylation sites (N-methyl/N-ethyl adjacent to an activating group) is 1. The van der Waals surface area contributed by atoms with Gasteiger partial charge in [-0.05, 0) is 25.2 Å². The molecule has 25 heavy (non-hydrogen) atoms. The average molecular weight is 352 g/mol. The van der Waals surface area contributed by atoms with E-state index in [0.29, 0.717) is 12.6 Å². The number of rotatable bonds is 8. The van der Waals surface area contributed by atoms with Crippen LogP contribution in [0.1, 0.15) is 57.8 Å². The Morgan fingerprint density at radius 3 is 2.48 bits per heavy atom. The molecule has 1 saturated heterocycles. The van der Waals surface area contributed by atoms with Gasteiger partial charge in [-0.15, -0.1) is 0 Å². The number of amides is 1. The Balaban J connectivity index is 1.55. The molecule has 0 radical (unpaired) electrons. The van der Waals surface area contributed by atoms with Gasteiger partial charge in [0.1, 0.15) is 0 Å². The van der Waals surface area contributed by atoms with Crippen LogP contribution >= 0.6 is 0 Å². The molecular weight excluding hydrogens is 314 g/mol. The second-order valence-corrected chi connectivity index (χ2v) is 7.51. The molecule has 3 N–H and O–H groups in total. The average Bonchev–Trinajstić information content (AvgIpc) is 3.15. The van der Waals surface area contributed by atoms with Crippen molar-refractivity contribution in [3.05, 3.63) is 0 Å². The normalized spacial score (nSPS) is 20.6. The predicted octanol–water partition coefficient (Wildman–Crippen LogP) is 1.72. The third kappa shape index (κ3) is 7.63. The SMILES string of the molecule is CN=C(NCCCCC1CCCC1)NC1CCN(CC(=O)NC)CC1. The van der Waals surface area contributed by atoms with E-state index in [9.17, 15) is 4.79 Å². The number of nitrogens with one attached hydrogen (secondary N) is 3. The molecule has 1 aliphatic heterocycles. The van der Waals surface area contributed by atoms with Crippen LogP contribution in [0, 0.1) is 5.92 Å². The second kappa shape index (κ2) is 11.3.